The first-order valence-electron chi connectivity index (χ1n) is 10.3. The SMILES string of the molecule is CCCCC1COC(c2ccc(CC(=O)Oc3ccc(OC(F)(F)F)cc3)c(F)c2)OC1. The lowest BCUT2D eigenvalue weighted by atomic mass is 10.0. The minimum Gasteiger partial charge on any atom is -0.426 e. The Morgan fingerprint density at radius 3 is 2.31 bits per heavy atom. The fourth-order valence-corrected chi connectivity index (χ4v) is 3.28. The number of hydrogen-bond acceptors (Lipinski definition) is 5. The number of esters is 1. The normalized spacial score (nSPS) is 18.9. The highest BCUT2D eigenvalue weighted by atomic mass is 19.4. The third-order valence-corrected chi connectivity index (χ3v) is 4.91. The second kappa shape index (κ2) is 10.8. The summed E-state index contributed by atoms with van der Waals surface area (Å²) in [4.78, 5) is 12.1. The van der Waals surface area contributed by atoms with Crippen LogP contribution in [0.25, 0.3) is 0 Å². The van der Waals surface area contributed by atoms with Gasteiger partial charge in [-0.25, -0.2) is 4.39 Å². The molecule has 1 fully saturated rings. The van der Waals surface area contributed by atoms with Gasteiger partial charge in [-0.05, 0) is 42.3 Å². The van der Waals surface area contributed by atoms with E-state index in [2.05, 4.69) is 11.7 Å². The maximum absolute atomic E-state index is 14.5. The molecule has 0 bridgehead atoms. The van der Waals surface area contributed by atoms with Gasteiger partial charge >= 0.3 is 12.3 Å². The molecule has 0 atom stereocenters. The van der Waals surface area contributed by atoms with Gasteiger partial charge in [-0.1, -0.05) is 31.9 Å². The van der Waals surface area contributed by atoms with Crippen LogP contribution in [0.2, 0.25) is 0 Å². The van der Waals surface area contributed by atoms with Crippen LogP contribution in [-0.2, 0) is 20.7 Å². The highest BCUT2D eigenvalue weighted by molar-refractivity contribution is 5.75. The molecule has 0 aromatic heterocycles. The Bertz CT molecular complexity index is 890. The summed E-state index contributed by atoms with van der Waals surface area (Å²) in [6, 6.07) is 8.70. The average molecular weight is 456 g/mol. The van der Waals surface area contributed by atoms with Crippen molar-refractivity contribution < 1.29 is 41.3 Å². The van der Waals surface area contributed by atoms with Crippen LogP contribution in [0.4, 0.5) is 17.6 Å². The van der Waals surface area contributed by atoms with Gasteiger partial charge in [-0.3, -0.25) is 4.79 Å². The second-order valence-corrected chi connectivity index (χ2v) is 7.53. The van der Waals surface area contributed by atoms with E-state index in [0.29, 0.717) is 24.7 Å². The standard InChI is InChI=1S/C23H24F4O5/c1-2-3-4-15-13-29-22(30-14-15)17-6-5-16(20(24)11-17)12-21(28)31-18-7-9-19(10-8-18)32-23(25,26)27/h5-11,15,22H,2-4,12-14H2,1H3. The molecule has 0 aliphatic carbocycles. The Morgan fingerprint density at radius 2 is 1.72 bits per heavy atom. The lowest BCUT2D eigenvalue weighted by Gasteiger charge is -2.29. The van der Waals surface area contributed by atoms with Crippen molar-refractivity contribution in [2.45, 2.75) is 45.3 Å². The van der Waals surface area contributed by atoms with Crippen LogP contribution in [0, 0.1) is 11.7 Å². The van der Waals surface area contributed by atoms with Gasteiger partial charge in [-0.15, -0.1) is 13.2 Å². The zero-order valence-corrected chi connectivity index (χ0v) is 17.5. The Labute approximate surface area is 183 Å². The fourth-order valence-electron chi connectivity index (χ4n) is 3.28. The van der Waals surface area contributed by atoms with Crippen LogP contribution in [0.1, 0.15) is 43.6 Å². The molecule has 0 spiro atoms. The van der Waals surface area contributed by atoms with E-state index < -0.39 is 30.2 Å². The average Bonchev–Trinajstić information content (AvgIpc) is 2.74. The predicted molar refractivity (Wildman–Crippen MR) is 107 cm³/mol. The molecule has 0 radical (unpaired) electrons. The van der Waals surface area contributed by atoms with E-state index in [1.165, 1.54) is 12.1 Å². The molecular formula is C23H24F4O5. The van der Waals surface area contributed by atoms with Crippen molar-refractivity contribution >= 4 is 5.97 Å². The first-order valence-corrected chi connectivity index (χ1v) is 10.3. The summed E-state index contributed by atoms with van der Waals surface area (Å²) in [5, 5.41) is 0. The van der Waals surface area contributed by atoms with E-state index in [1.54, 1.807) is 6.07 Å². The Balaban J connectivity index is 1.52. The number of unbranched alkanes of at least 4 members (excludes halogenated alkanes) is 1. The maximum Gasteiger partial charge on any atom is 0.573 e. The molecule has 1 aliphatic rings. The zero-order chi connectivity index (χ0) is 23.1. The summed E-state index contributed by atoms with van der Waals surface area (Å²) < 4.78 is 71.3. The van der Waals surface area contributed by atoms with Gasteiger partial charge in [0, 0.05) is 11.5 Å². The van der Waals surface area contributed by atoms with Gasteiger partial charge in [0.25, 0.3) is 0 Å². The van der Waals surface area contributed by atoms with Crippen molar-refractivity contribution in [1.29, 1.82) is 0 Å². The number of rotatable bonds is 8. The highest BCUT2D eigenvalue weighted by Gasteiger charge is 2.31. The quantitative estimate of drug-likeness (QED) is 0.289. The molecule has 2 aromatic rings. The summed E-state index contributed by atoms with van der Waals surface area (Å²) in [6.07, 6.45) is -2.58. The summed E-state index contributed by atoms with van der Waals surface area (Å²) >= 11 is 0. The molecular weight excluding hydrogens is 432 g/mol. The smallest absolute Gasteiger partial charge is 0.426 e. The topological polar surface area (TPSA) is 54.0 Å². The van der Waals surface area contributed by atoms with Crippen molar-refractivity contribution in [1.82, 2.24) is 0 Å². The van der Waals surface area contributed by atoms with Crippen LogP contribution < -0.4 is 9.47 Å². The van der Waals surface area contributed by atoms with E-state index in [4.69, 9.17) is 14.2 Å². The Hall–Kier alpha value is -2.65. The van der Waals surface area contributed by atoms with E-state index in [-0.39, 0.29) is 17.7 Å². The van der Waals surface area contributed by atoms with Crippen molar-refractivity contribution in [3.8, 4) is 11.5 Å². The summed E-state index contributed by atoms with van der Waals surface area (Å²) in [6.45, 7) is 3.22. The fraction of sp³-hybridized carbons (Fsp3) is 0.435. The maximum atomic E-state index is 14.5. The van der Waals surface area contributed by atoms with Crippen molar-refractivity contribution in [3.63, 3.8) is 0 Å². The summed E-state index contributed by atoms with van der Waals surface area (Å²) in [7, 11) is 0. The van der Waals surface area contributed by atoms with Crippen molar-refractivity contribution in [3.05, 3.63) is 59.4 Å². The van der Waals surface area contributed by atoms with Crippen LogP contribution in [0.5, 0.6) is 11.5 Å². The van der Waals surface area contributed by atoms with Gasteiger partial charge in [0.05, 0.1) is 19.6 Å². The Kier molecular flexibility index (Phi) is 8.09. The van der Waals surface area contributed by atoms with Gasteiger partial charge in [-0.2, -0.15) is 0 Å². The molecule has 0 unspecified atom stereocenters. The summed E-state index contributed by atoms with van der Waals surface area (Å²) in [5.41, 5.74) is 0.640. The number of ether oxygens (including phenoxy) is 4. The second-order valence-electron chi connectivity index (χ2n) is 7.53. The van der Waals surface area contributed by atoms with Crippen LogP contribution in [0.3, 0.4) is 0 Å². The van der Waals surface area contributed by atoms with E-state index >= 15 is 0 Å². The molecule has 1 heterocycles. The zero-order valence-electron chi connectivity index (χ0n) is 17.5. The lowest BCUT2D eigenvalue weighted by Crippen LogP contribution is -2.27. The molecule has 0 N–H and O–H groups in total. The molecule has 0 amide bonds. The third kappa shape index (κ3) is 7.20. The lowest BCUT2D eigenvalue weighted by molar-refractivity contribution is -0.274. The monoisotopic (exact) mass is 456 g/mol. The van der Waals surface area contributed by atoms with Crippen molar-refractivity contribution in [2.75, 3.05) is 13.2 Å². The van der Waals surface area contributed by atoms with Gasteiger partial charge < -0.3 is 18.9 Å². The number of benzene rings is 2. The van der Waals surface area contributed by atoms with Crippen LogP contribution in [0.15, 0.2) is 42.5 Å². The van der Waals surface area contributed by atoms with E-state index in [0.717, 1.165) is 43.5 Å². The number of carbonyl (C=O) groups excluding carboxylic acids is 1. The van der Waals surface area contributed by atoms with Crippen LogP contribution in [-0.4, -0.2) is 25.5 Å². The highest BCUT2D eigenvalue weighted by Crippen LogP contribution is 2.29. The molecule has 9 heteroatoms. The Morgan fingerprint density at radius 1 is 1.06 bits per heavy atom. The molecule has 1 aliphatic heterocycles. The van der Waals surface area contributed by atoms with Gasteiger partial charge in [0.15, 0.2) is 6.29 Å². The summed E-state index contributed by atoms with van der Waals surface area (Å²) in [5.74, 6) is -1.45. The molecule has 1 saturated heterocycles. The van der Waals surface area contributed by atoms with Crippen molar-refractivity contribution in [2.24, 2.45) is 5.92 Å². The van der Waals surface area contributed by atoms with E-state index in [1.807, 2.05) is 0 Å². The third-order valence-electron chi connectivity index (χ3n) is 4.91. The molecule has 3 rings (SSSR count). The number of carbonyl (C=O) groups is 1. The minimum atomic E-state index is -4.81. The van der Waals surface area contributed by atoms with Gasteiger partial charge in [0.1, 0.15) is 17.3 Å². The largest absolute Gasteiger partial charge is 0.573 e. The molecule has 0 saturated carbocycles. The molecule has 174 valence electrons. The predicted octanol–water partition coefficient (Wildman–Crippen LogP) is 5.72. The molecule has 32 heavy (non-hydrogen) atoms. The molecule has 2 aromatic carbocycles. The molecule has 5 nitrogen and oxygen atoms in total. The van der Waals surface area contributed by atoms with E-state index in [9.17, 15) is 22.4 Å². The first kappa shape index (κ1) is 24.0. The number of hydrogen-bond donors (Lipinski definition) is 0. The first-order chi connectivity index (χ1) is 15.2. The van der Waals surface area contributed by atoms with Gasteiger partial charge in [0.2, 0.25) is 0 Å². The minimum absolute atomic E-state index is 0.0168. The number of alkyl halides is 3. The van der Waals surface area contributed by atoms with Crippen LogP contribution >= 0.6 is 0 Å². The number of halogens is 4.